The molecule has 3 rings (SSSR count). The van der Waals surface area contributed by atoms with Crippen LogP contribution in [0.1, 0.15) is 12.0 Å². The molecular formula is C19H30Cl2N4O. The summed E-state index contributed by atoms with van der Waals surface area (Å²) in [5.74, 6) is 0.144. The van der Waals surface area contributed by atoms with Gasteiger partial charge in [-0.2, -0.15) is 0 Å². The second-order valence-corrected chi connectivity index (χ2v) is 6.63. The van der Waals surface area contributed by atoms with Gasteiger partial charge in [-0.3, -0.25) is 14.6 Å². The Labute approximate surface area is 169 Å². The van der Waals surface area contributed by atoms with Crippen molar-refractivity contribution in [1.82, 2.24) is 20.4 Å². The maximum Gasteiger partial charge on any atom is 0.234 e. The van der Waals surface area contributed by atoms with Crippen molar-refractivity contribution in [1.29, 1.82) is 0 Å². The van der Waals surface area contributed by atoms with E-state index in [0.29, 0.717) is 13.1 Å². The van der Waals surface area contributed by atoms with Crippen LogP contribution in [0, 0.1) is 0 Å². The summed E-state index contributed by atoms with van der Waals surface area (Å²) in [6.45, 7) is 8.15. The summed E-state index contributed by atoms with van der Waals surface area (Å²) in [7, 11) is 0. The number of piperazine rings is 1. The van der Waals surface area contributed by atoms with Gasteiger partial charge < -0.3 is 10.6 Å². The van der Waals surface area contributed by atoms with Crippen LogP contribution in [0.3, 0.4) is 0 Å². The highest BCUT2D eigenvalue weighted by Gasteiger charge is 2.19. The maximum atomic E-state index is 12.1. The smallest absolute Gasteiger partial charge is 0.234 e. The van der Waals surface area contributed by atoms with Gasteiger partial charge in [-0.15, -0.1) is 24.8 Å². The lowest BCUT2D eigenvalue weighted by Crippen LogP contribution is -2.49. The third kappa shape index (κ3) is 7.64. The SMILES string of the molecule is Cl.Cl.O=C(CN1CCN(Cc2ccccc2)CC1)NCC1=CCNCC1. The van der Waals surface area contributed by atoms with Crippen LogP contribution >= 0.6 is 24.8 Å². The molecule has 1 fully saturated rings. The first-order valence-corrected chi connectivity index (χ1v) is 8.93. The standard InChI is InChI=1S/C19H28N4O.2ClH/c24-19(21-14-17-6-8-20-9-7-17)16-23-12-10-22(11-13-23)15-18-4-2-1-3-5-18;;/h1-6,20H,7-16H2,(H,21,24);2*1H. The Morgan fingerprint density at radius 1 is 1.04 bits per heavy atom. The summed E-state index contributed by atoms with van der Waals surface area (Å²) in [6.07, 6.45) is 3.23. The largest absolute Gasteiger partial charge is 0.351 e. The lowest BCUT2D eigenvalue weighted by atomic mass is 10.1. The molecule has 2 aliphatic heterocycles. The number of hydrogen-bond donors (Lipinski definition) is 2. The number of benzene rings is 1. The number of carbonyl (C=O) groups is 1. The first-order chi connectivity index (χ1) is 11.8. The molecule has 0 aromatic heterocycles. The molecular weight excluding hydrogens is 371 g/mol. The number of amides is 1. The van der Waals surface area contributed by atoms with Crippen LogP contribution in [0.2, 0.25) is 0 Å². The number of halogens is 2. The highest BCUT2D eigenvalue weighted by atomic mass is 35.5. The molecule has 0 unspecified atom stereocenters. The molecule has 1 aromatic carbocycles. The molecule has 2 heterocycles. The average Bonchev–Trinajstić information content (AvgIpc) is 2.63. The summed E-state index contributed by atoms with van der Waals surface area (Å²) in [6, 6.07) is 10.6. The summed E-state index contributed by atoms with van der Waals surface area (Å²) < 4.78 is 0. The van der Waals surface area contributed by atoms with E-state index in [1.807, 2.05) is 0 Å². The van der Waals surface area contributed by atoms with Gasteiger partial charge in [-0.1, -0.05) is 42.0 Å². The van der Waals surface area contributed by atoms with Crippen LogP contribution in [-0.2, 0) is 11.3 Å². The zero-order chi connectivity index (χ0) is 16.6. The molecule has 0 bridgehead atoms. The summed E-state index contributed by atoms with van der Waals surface area (Å²) in [5.41, 5.74) is 2.70. The van der Waals surface area contributed by atoms with Crippen LogP contribution < -0.4 is 10.6 Å². The molecule has 26 heavy (non-hydrogen) atoms. The van der Waals surface area contributed by atoms with Gasteiger partial charge in [0.05, 0.1) is 6.54 Å². The van der Waals surface area contributed by atoms with Crippen molar-refractivity contribution in [3.05, 3.63) is 47.5 Å². The number of nitrogens with one attached hydrogen (secondary N) is 2. The molecule has 2 N–H and O–H groups in total. The van der Waals surface area contributed by atoms with E-state index in [1.165, 1.54) is 11.1 Å². The molecule has 1 amide bonds. The fourth-order valence-corrected chi connectivity index (χ4v) is 3.25. The molecule has 0 spiro atoms. The molecule has 0 aliphatic carbocycles. The Bertz CT molecular complexity index is 560. The molecule has 0 radical (unpaired) electrons. The van der Waals surface area contributed by atoms with E-state index in [4.69, 9.17) is 0 Å². The average molecular weight is 401 g/mol. The van der Waals surface area contributed by atoms with Gasteiger partial charge in [-0.05, 0) is 18.5 Å². The minimum Gasteiger partial charge on any atom is -0.351 e. The zero-order valence-corrected chi connectivity index (χ0v) is 16.8. The van der Waals surface area contributed by atoms with E-state index >= 15 is 0 Å². The molecule has 7 heteroatoms. The van der Waals surface area contributed by atoms with Crippen molar-refractivity contribution in [2.75, 3.05) is 52.4 Å². The Morgan fingerprint density at radius 3 is 2.38 bits per heavy atom. The van der Waals surface area contributed by atoms with E-state index in [1.54, 1.807) is 0 Å². The minimum absolute atomic E-state index is 0. The Balaban J connectivity index is 0.00000169. The Kier molecular flexibility index (Phi) is 10.9. The monoisotopic (exact) mass is 400 g/mol. The predicted octanol–water partition coefficient (Wildman–Crippen LogP) is 1.68. The molecule has 5 nitrogen and oxygen atoms in total. The van der Waals surface area contributed by atoms with E-state index in [0.717, 1.165) is 52.2 Å². The molecule has 2 aliphatic rings. The second-order valence-electron chi connectivity index (χ2n) is 6.63. The first-order valence-electron chi connectivity index (χ1n) is 8.93. The maximum absolute atomic E-state index is 12.1. The van der Waals surface area contributed by atoms with Gasteiger partial charge >= 0.3 is 0 Å². The lowest BCUT2D eigenvalue weighted by molar-refractivity contribution is -0.122. The van der Waals surface area contributed by atoms with Gasteiger partial charge in [-0.25, -0.2) is 0 Å². The van der Waals surface area contributed by atoms with Gasteiger partial charge in [0.15, 0.2) is 0 Å². The van der Waals surface area contributed by atoms with Crippen LogP contribution in [0.15, 0.2) is 42.0 Å². The highest BCUT2D eigenvalue weighted by Crippen LogP contribution is 2.08. The first kappa shape index (κ1) is 22.9. The van der Waals surface area contributed by atoms with Crippen molar-refractivity contribution in [2.45, 2.75) is 13.0 Å². The molecule has 1 saturated heterocycles. The Morgan fingerprint density at radius 2 is 1.73 bits per heavy atom. The lowest BCUT2D eigenvalue weighted by Gasteiger charge is -2.34. The Hall–Kier alpha value is -1.11. The van der Waals surface area contributed by atoms with Crippen molar-refractivity contribution in [3.8, 4) is 0 Å². The number of carbonyl (C=O) groups excluding carboxylic acids is 1. The van der Waals surface area contributed by atoms with Gasteiger partial charge in [0.25, 0.3) is 0 Å². The normalized spacial score (nSPS) is 18.2. The molecule has 0 saturated carbocycles. The second kappa shape index (κ2) is 12.3. The van der Waals surface area contributed by atoms with E-state index in [-0.39, 0.29) is 30.7 Å². The zero-order valence-electron chi connectivity index (χ0n) is 15.2. The minimum atomic E-state index is 0. The summed E-state index contributed by atoms with van der Waals surface area (Å²) in [4.78, 5) is 16.8. The number of rotatable bonds is 6. The van der Waals surface area contributed by atoms with Gasteiger partial charge in [0.1, 0.15) is 0 Å². The van der Waals surface area contributed by atoms with E-state index in [9.17, 15) is 4.79 Å². The fraction of sp³-hybridized carbons (Fsp3) is 0.526. The summed E-state index contributed by atoms with van der Waals surface area (Å²) >= 11 is 0. The molecule has 0 atom stereocenters. The molecule has 146 valence electrons. The van der Waals surface area contributed by atoms with Crippen LogP contribution in [-0.4, -0.2) is 68.1 Å². The van der Waals surface area contributed by atoms with E-state index in [2.05, 4.69) is 56.8 Å². The third-order valence-electron chi connectivity index (χ3n) is 4.75. The van der Waals surface area contributed by atoms with Crippen LogP contribution in [0.5, 0.6) is 0 Å². The van der Waals surface area contributed by atoms with Crippen LogP contribution in [0.4, 0.5) is 0 Å². The quantitative estimate of drug-likeness (QED) is 0.713. The van der Waals surface area contributed by atoms with Gasteiger partial charge in [0, 0.05) is 45.8 Å². The predicted molar refractivity (Wildman–Crippen MR) is 111 cm³/mol. The van der Waals surface area contributed by atoms with Gasteiger partial charge in [0.2, 0.25) is 5.91 Å². The van der Waals surface area contributed by atoms with Crippen molar-refractivity contribution < 1.29 is 4.79 Å². The van der Waals surface area contributed by atoms with E-state index < -0.39 is 0 Å². The third-order valence-corrected chi connectivity index (χ3v) is 4.75. The topological polar surface area (TPSA) is 47.6 Å². The summed E-state index contributed by atoms with van der Waals surface area (Å²) in [5, 5.41) is 6.35. The highest BCUT2D eigenvalue weighted by molar-refractivity contribution is 5.85. The van der Waals surface area contributed by atoms with Crippen molar-refractivity contribution in [3.63, 3.8) is 0 Å². The van der Waals surface area contributed by atoms with Crippen LogP contribution in [0.25, 0.3) is 0 Å². The van der Waals surface area contributed by atoms with Crippen molar-refractivity contribution >= 4 is 30.7 Å². The fourth-order valence-electron chi connectivity index (χ4n) is 3.25. The molecule has 1 aromatic rings. The number of hydrogen-bond acceptors (Lipinski definition) is 4. The number of nitrogens with zero attached hydrogens (tertiary/aromatic N) is 2. The van der Waals surface area contributed by atoms with Crippen molar-refractivity contribution in [2.24, 2.45) is 0 Å².